The van der Waals surface area contributed by atoms with Crippen LogP contribution in [0.2, 0.25) is 0 Å². The molecule has 1 aromatic heterocycles. The zero-order valence-corrected chi connectivity index (χ0v) is 12.6. The fourth-order valence-corrected chi connectivity index (χ4v) is 2.75. The number of hydrogen-bond acceptors (Lipinski definition) is 3. The smallest absolute Gasteiger partial charge is 0.267 e. The molecule has 0 saturated heterocycles. The van der Waals surface area contributed by atoms with Crippen molar-refractivity contribution in [1.29, 1.82) is 0 Å². The molecule has 21 heavy (non-hydrogen) atoms. The molecule has 0 radical (unpaired) electrons. The average molecular weight is 293 g/mol. The predicted molar refractivity (Wildman–Crippen MR) is 79.0 cm³/mol. The summed E-state index contributed by atoms with van der Waals surface area (Å²) in [6.07, 6.45) is 5.55. The Morgan fingerprint density at radius 1 is 1.48 bits per heavy atom. The van der Waals surface area contributed by atoms with E-state index in [0.717, 1.165) is 25.7 Å². The maximum absolute atomic E-state index is 12.1. The zero-order valence-electron chi connectivity index (χ0n) is 12.6. The number of nitrogens with one attached hydrogen (secondary N) is 2. The van der Waals surface area contributed by atoms with Gasteiger partial charge in [0.15, 0.2) is 0 Å². The maximum atomic E-state index is 12.1. The second-order valence-corrected chi connectivity index (χ2v) is 5.92. The highest BCUT2D eigenvalue weighted by molar-refractivity contribution is 5.98. The number of ether oxygens (including phenoxy) is 1. The molecule has 0 bridgehead atoms. The molecular formula is C15H23N3O3. The highest BCUT2D eigenvalue weighted by Gasteiger charge is 2.34. The van der Waals surface area contributed by atoms with E-state index in [1.165, 1.54) is 12.3 Å². The molecule has 2 rings (SSSR count). The van der Waals surface area contributed by atoms with E-state index in [4.69, 9.17) is 10.5 Å². The molecule has 6 nitrogen and oxygen atoms in total. The van der Waals surface area contributed by atoms with Crippen molar-refractivity contribution in [3.63, 3.8) is 0 Å². The third-order valence-electron chi connectivity index (χ3n) is 4.40. The van der Waals surface area contributed by atoms with Crippen LogP contribution in [0.4, 0.5) is 0 Å². The largest absolute Gasteiger partial charge is 0.376 e. The van der Waals surface area contributed by atoms with Crippen LogP contribution in [0, 0.1) is 5.92 Å². The lowest BCUT2D eigenvalue weighted by atomic mass is 9.79. The van der Waals surface area contributed by atoms with Crippen LogP contribution in [-0.2, 0) is 4.74 Å². The average Bonchev–Trinajstić information content (AvgIpc) is 2.97. The number of rotatable bonds is 5. The molecule has 1 saturated carbocycles. The normalized spacial score (nSPS) is 25.5. The lowest BCUT2D eigenvalue weighted by Gasteiger charge is -2.38. The van der Waals surface area contributed by atoms with E-state index in [1.807, 2.05) is 0 Å². The molecule has 1 aliphatic carbocycles. The van der Waals surface area contributed by atoms with Crippen LogP contribution < -0.4 is 11.1 Å². The van der Waals surface area contributed by atoms with E-state index in [-0.39, 0.29) is 11.5 Å². The summed E-state index contributed by atoms with van der Waals surface area (Å²) >= 11 is 0. The van der Waals surface area contributed by atoms with Gasteiger partial charge in [0.05, 0.1) is 11.2 Å². The first kappa shape index (κ1) is 15.6. The van der Waals surface area contributed by atoms with E-state index in [9.17, 15) is 9.59 Å². The number of carbonyl (C=O) groups is 2. The Balaban J connectivity index is 1.94. The summed E-state index contributed by atoms with van der Waals surface area (Å²) in [6.45, 7) is 2.71. The van der Waals surface area contributed by atoms with E-state index >= 15 is 0 Å². The first-order valence-electron chi connectivity index (χ1n) is 7.27. The minimum Gasteiger partial charge on any atom is -0.376 e. The van der Waals surface area contributed by atoms with Crippen molar-refractivity contribution < 1.29 is 14.3 Å². The standard InChI is InChI=1S/C15H23N3O3/c1-10-3-5-15(21-2,6-4-10)9-18-14(20)12-7-11(8-17-12)13(16)19/h7-8,10,17H,3-6,9H2,1-2H3,(H2,16,19)(H,18,20). The van der Waals surface area contributed by atoms with Crippen LogP contribution in [0.5, 0.6) is 0 Å². The fourth-order valence-electron chi connectivity index (χ4n) is 2.75. The molecule has 1 aromatic rings. The molecule has 4 N–H and O–H groups in total. The number of nitrogens with two attached hydrogens (primary N) is 1. The second-order valence-electron chi connectivity index (χ2n) is 5.92. The van der Waals surface area contributed by atoms with Crippen molar-refractivity contribution in [2.75, 3.05) is 13.7 Å². The highest BCUT2D eigenvalue weighted by atomic mass is 16.5. The van der Waals surface area contributed by atoms with Gasteiger partial charge in [-0.25, -0.2) is 0 Å². The van der Waals surface area contributed by atoms with Crippen molar-refractivity contribution >= 4 is 11.8 Å². The van der Waals surface area contributed by atoms with Gasteiger partial charge >= 0.3 is 0 Å². The number of methoxy groups -OCH3 is 1. The molecular weight excluding hydrogens is 270 g/mol. The summed E-state index contributed by atoms with van der Waals surface area (Å²) in [5.41, 5.74) is 5.52. The Kier molecular flexibility index (Phi) is 4.67. The second kappa shape index (κ2) is 6.30. The molecule has 0 aliphatic heterocycles. The Hall–Kier alpha value is -1.82. The molecule has 6 heteroatoms. The SMILES string of the molecule is COC1(CNC(=O)c2cc(C(N)=O)c[nH]2)CCC(C)CC1. The molecule has 0 aromatic carbocycles. The topological polar surface area (TPSA) is 97.2 Å². The molecule has 2 amide bonds. The third-order valence-corrected chi connectivity index (χ3v) is 4.40. The summed E-state index contributed by atoms with van der Waals surface area (Å²) in [5.74, 6) is -0.0945. The molecule has 1 heterocycles. The summed E-state index contributed by atoms with van der Waals surface area (Å²) in [4.78, 5) is 25.9. The minimum atomic E-state index is -0.556. The Morgan fingerprint density at radius 2 is 2.14 bits per heavy atom. The van der Waals surface area contributed by atoms with Gasteiger partial charge in [-0.1, -0.05) is 6.92 Å². The highest BCUT2D eigenvalue weighted by Crippen LogP contribution is 2.33. The van der Waals surface area contributed by atoms with Crippen LogP contribution in [0.1, 0.15) is 53.5 Å². The monoisotopic (exact) mass is 293 g/mol. The molecule has 1 aliphatic rings. The van der Waals surface area contributed by atoms with Crippen LogP contribution in [-0.4, -0.2) is 36.1 Å². The lowest BCUT2D eigenvalue weighted by Crippen LogP contribution is -2.46. The number of hydrogen-bond donors (Lipinski definition) is 3. The van der Waals surface area contributed by atoms with Crippen molar-refractivity contribution in [1.82, 2.24) is 10.3 Å². The number of amides is 2. The van der Waals surface area contributed by atoms with Crippen LogP contribution in [0.15, 0.2) is 12.3 Å². The van der Waals surface area contributed by atoms with E-state index < -0.39 is 5.91 Å². The van der Waals surface area contributed by atoms with E-state index in [2.05, 4.69) is 17.2 Å². The van der Waals surface area contributed by atoms with Gasteiger partial charge in [-0.15, -0.1) is 0 Å². The minimum absolute atomic E-state index is 0.252. The number of H-pyrrole nitrogens is 1. The van der Waals surface area contributed by atoms with Gasteiger partial charge in [0.25, 0.3) is 5.91 Å². The van der Waals surface area contributed by atoms with E-state index in [1.54, 1.807) is 7.11 Å². The van der Waals surface area contributed by atoms with Gasteiger partial charge in [-0.3, -0.25) is 9.59 Å². The third kappa shape index (κ3) is 3.64. The van der Waals surface area contributed by atoms with Gasteiger partial charge in [-0.05, 0) is 37.7 Å². The van der Waals surface area contributed by atoms with Gasteiger partial charge in [0.2, 0.25) is 5.91 Å². The number of primary amides is 1. The molecule has 116 valence electrons. The quantitative estimate of drug-likeness (QED) is 0.766. The van der Waals surface area contributed by atoms with Crippen LogP contribution in [0.25, 0.3) is 0 Å². The summed E-state index contributed by atoms with van der Waals surface area (Å²) in [7, 11) is 1.70. The van der Waals surface area contributed by atoms with Gasteiger partial charge < -0.3 is 20.8 Å². The van der Waals surface area contributed by atoms with Gasteiger partial charge in [0, 0.05) is 19.9 Å². The van der Waals surface area contributed by atoms with Crippen molar-refractivity contribution in [3.8, 4) is 0 Å². The molecule has 0 spiro atoms. The predicted octanol–water partition coefficient (Wildman–Crippen LogP) is 1.44. The Labute approximate surface area is 124 Å². The van der Waals surface area contributed by atoms with Gasteiger partial charge in [-0.2, -0.15) is 0 Å². The van der Waals surface area contributed by atoms with Crippen LogP contribution >= 0.6 is 0 Å². The van der Waals surface area contributed by atoms with Gasteiger partial charge in [0.1, 0.15) is 5.69 Å². The number of aromatic nitrogens is 1. The molecule has 0 unspecified atom stereocenters. The molecule has 0 atom stereocenters. The fraction of sp³-hybridized carbons (Fsp3) is 0.600. The number of carbonyl (C=O) groups excluding carboxylic acids is 2. The van der Waals surface area contributed by atoms with Crippen molar-refractivity contribution in [2.45, 2.75) is 38.2 Å². The summed E-state index contributed by atoms with van der Waals surface area (Å²) < 4.78 is 5.66. The first-order valence-corrected chi connectivity index (χ1v) is 7.27. The number of aromatic amines is 1. The first-order chi connectivity index (χ1) is 9.96. The molecule has 1 fully saturated rings. The van der Waals surface area contributed by atoms with E-state index in [0.29, 0.717) is 23.7 Å². The Morgan fingerprint density at radius 3 is 2.67 bits per heavy atom. The van der Waals surface area contributed by atoms with Crippen LogP contribution in [0.3, 0.4) is 0 Å². The van der Waals surface area contributed by atoms with Crippen molar-refractivity contribution in [3.05, 3.63) is 23.5 Å². The maximum Gasteiger partial charge on any atom is 0.267 e. The lowest BCUT2D eigenvalue weighted by molar-refractivity contribution is -0.0446. The van der Waals surface area contributed by atoms with Crippen molar-refractivity contribution in [2.24, 2.45) is 11.7 Å². The Bertz CT molecular complexity index is 516. The zero-order chi connectivity index (χ0) is 15.5. The summed E-state index contributed by atoms with van der Waals surface area (Å²) in [5, 5.41) is 2.88. The summed E-state index contributed by atoms with van der Waals surface area (Å²) in [6, 6.07) is 1.46.